The summed E-state index contributed by atoms with van der Waals surface area (Å²) in [6, 6.07) is 2.01. The minimum absolute atomic E-state index is 0.463. The lowest BCUT2D eigenvalue weighted by molar-refractivity contribution is 0.0329. The van der Waals surface area contributed by atoms with Crippen LogP contribution in [0.1, 0.15) is 26.2 Å². The molecule has 1 saturated heterocycles. The standard InChI is InChI=1S/C13H24N4O/c1-2-17-10-6-13(16-17)15-7-3-11-18-12-4-8-14-9-5-12/h6,10,12,14H,2-5,7-9,11H2,1H3,(H,15,16). The average molecular weight is 252 g/mol. The summed E-state index contributed by atoms with van der Waals surface area (Å²) in [5.41, 5.74) is 0. The fourth-order valence-corrected chi connectivity index (χ4v) is 2.13. The predicted octanol–water partition coefficient (Wildman–Crippen LogP) is 1.47. The lowest BCUT2D eigenvalue weighted by atomic mass is 10.1. The van der Waals surface area contributed by atoms with E-state index < -0.39 is 0 Å². The molecule has 0 bridgehead atoms. The van der Waals surface area contributed by atoms with Crippen molar-refractivity contribution >= 4 is 5.82 Å². The van der Waals surface area contributed by atoms with Crippen LogP contribution in [0.2, 0.25) is 0 Å². The molecule has 5 nitrogen and oxygen atoms in total. The highest BCUT2D eigenvalue weighted by Gasteiger charge is 2.12. The van der Waals surface area contributed by atoms with Crippen molar-refractivity contribution in [3.05, 3.63) is 12.3 Å². The van der Waals surface area contributed by atoms with Crippen LogP contribution >= 0.6 is 0 Å². The molecule has 18 heavy (non-hydrogen) atoms. The van der Waals surface area contributed by atoms with Gasteiger partial charge in [0.05, 0.1) is 6.10 Å². The third kappa shape index (κ3) is 4.31. The van der Waals surface area contributed by atoms with E-state index in [1.165, 1.54) is 0 Å². The van der Waals surface area contributed by atoms with Gasteiger partial charge in [-0.05, 0) is 39.3 Å². The minimum atomic E-state index is 0.463. The first-order chi connectivity index (χ1) is 8.88. The van der Waals surface area contributed by atoms with Crippen molar-refractivity contribution in [2.45, 2.75) is 38.8 Å². The van der Waals surface area contributed by atoms with E-state index >= 15 is 0 Å². The van der Waals surface area contributed by atoms with Gasteiger partial charge in [0.25, 0.3) is 0 Å². The molecular weight excluding hydrogens is 228 g/mol. The van der Waals surface area contributed by atoms with E-state index in [4.69, 9.17) is 4.74 Å². The molecule has 1 aliphatic heterocycles. The molecule has 5 heteroatoms. The highest BCUT2D eigenvalue weighted by atomic mass is 16.5. The number of aryl methyl sites for hydroxylation is 1. The molecule has 0 radical (unpaired) electrons. The number of hydrogen-bond acceptors (Lipinski definition) is 4. The second-order valence-electron chi connectivity index (χ2n) is 4.66. The number of anilines is 1. The SMILES string of the molecule is CCn1ccc(NCCCOC2CCNCC2)n1. The average Bonchev–Trinajstić information content (AvgIpc) is 2.87. The number of rotatable bonds is 7. The molecule has 0 amide bonds. The van der Waals surface area contributed by atoms with Gasteiger partial charge in [0.1, 0.15) is 5.82 Å². The van der Waals surface area contributed by atoms with E-state index in [1.807, 2.05) is 16.9 Å². The Kier molecular flexibility index (Phi) is 5.48. The fraction of sp³-hybridized carbons (Fsp3) is 0.769. The van der Waals surface area contributed by atoms with Crippen molar-refractivity contribution < 1.29 is 4.74 Å². The molecule has 1 aliphatic rings. The molecule has 0 aliphatic carbocycles. The molecule has 0 spiro atoms. The Morgan fingerprint density at radius 2 is 2.33 bits per heavy atom. The van der Waals surface area contributed by atoms with Crippen LogP contribution in [-0.4, -0.2) is 42.1 Å². The Morgan fingerprint density at radius 3 is 3.06 bits per heavy atom. The van der Waals surface area contributed by atoms with Gasteiger partial charge in [-0.1, -0.05) is 0 Å². The first kappa shape index (κ1) is 13.4. The molecule has 2 rings (SSSR count). The van der Waals surface area contributed by atoms with E-state index in [1.54, 1.807) is 0 Å². The number of ether oxygens (including phenoxy) is 1. The number of aromatic nitrogens is 2. The van der Waals surface area contributed by atoms with E-state index in [9.17, 15) is 0 Å². The summed E-state index contributed by atoms with van der Waals surface area (Å²) in [7, 11) is 0. The monoisotopic (exact) mass is 252 g/mol. The highest BCUT2D eigenvalue weighted by Crippen LogP contribution is 2.07. The molecule has 0 saturated carbocycles. The van der Waals surface area contributed by atoms with E-state index in [0.29, 0.717) is 6.10 Å². The molecule has 1 aromatic heterocycles. The van der Waals surface area contributed by atoms with Gasteiger partial charge in [0, 0.05) is 32.0 Å². The van der Waals surface area contributed by atoms with Crippen molar-refractivity contribution in [2.24, 2.45) is 0 Å². The minimum Gasteiger partial charge on any atom is -0.378 e. The van der Waals surface area contributed by atoms with E-state index in [0.717, 1.165) is 57.9 Å². The van der Waals surface area contributed by atoms with Crippen LogP contribution in [0.3, 0.4) is 0 Å². The fourth-order valence-electron chi connectivity index (χ4n) is 2.13. The van der Waals surface area contributed by atoms with Gasteiger partial charge in [0.15, 0.2) is 0 Å². The topological polar surface area (TPSA) is 51.1 Å². The summed E-state index contributed by atoms with van der Waals surface area (Å²) < 4.78 is 7.77. The molecule has 0 aromatic carbocycles. The zero-order valence-corrected chi connectivity index (χ0v) is 11.2. The highest BCUT2D eigenvalue weighted by molar-refractivity contribution is 5.31. The first-order valence-electron chi connectivity index (χ1n) is 6.98. The molecular formula is C13H24N4O. The summed E-state index contributed by atoms with van der Waals surface area (Å²) in [6.07, 6.45) is 5.78. The van der Waals surface area contributed by atoms with Crippen LogP contribution in [0.25, 0.3) is 0 Å². The zero-order chi connectivity index (χ0) is 12.6. The van der Waals surface area contributed by atoms with Gasteiger partial charge in [0.2, 0.25) is 0 Å². The van der Waals surface area contributed by atoms with E-state index in [2.05, 4.69) is 22.7 Å². The normalized spacial score (nSPS) is 16.9. The quantitative estimate of drug-likeness (QED) is 0.722. The second kappa shape index (κ2) is 7.38. The third-order valence-electron chi connectivity index (χ3n) is 3.23. The van der Waals surface area contributed by atoms with Gasteiger partial charge in [-0.15, -0.1) is 0 Å². The number of hydrogen-bond donors (Lipinski definition) is 2. The molecule has 2 N–H and O–H groups in total. The molecule has 1 aromatic rings. The molecule has 102 valence electrons. The van der Waals surface area contributed by atoms with Crippen molar-refractivity contribution in [3.63, 3.8) is 0 Å². The molecule has 0 atom stereocenters. The van der Waals surface area contributed by atoms with Gasteiger partial charge in [-0.2, -0.15) is 5.10 Å². The van der Waals surface area contributed by atoms with Crippen molar-refractivity contribution in [1.82, 2.24) is 15.1 Å². The van der Waals surface area contributed by atoms with Crippen LogP contribution < -0.4 is 10.6 Å². The van der Waals surface area contributed by atoms with Gasteiger partial charge < -0.3 is 15.4 Å². The Labute approximate surface area is 109 Å². The van der Waals surface area contributed by atoms with Gasteiger partial charge in [-0.3, -0.25) is 4.68 Å². The summed E-state index contributed by atoms with van der Waals surface area (Å²) in [5, 5.41) is 11.0. The molecule has 2 heterocycles. The Hall–Kier alpha value is -1.07. The Bertz CT molecular complexity index is 333. The van der Waals surface area contributed by atoms with Gasteiger partial charge >= 0.3 is 0 Å². The van der Waals surface area contributed by atoms with Crippen LogP contribution in [0, 0.1) is 0 Å². The second-order valence-corrected chi connectivity index (χ2v) is 4.66. The van der Waals surface area contributed by atoms with Crippen LogP contribution in [0.4, 0.5) is 5.82 Å². The van der Waals surface area contributed by atoms with Crippen molar-refractivity contribution in [2.75, 3.05) is 31.6 Å². The smallest absolute Gasteiger partial charge is 0.147 e. The largest absolute Gasteiger partial charge is 0.378 e. The summed E-state index contributed by atoms with van der Waals surface area (Å²) >= 11 is 0. The Morgan fingerprint density at radius 1 is 1.50 bits per heavy atom. The van der Waals surface area contributed by atoms with Crippen molar-refractivity contribution in [1.29, 1.82) is 0 Å². The molecule has 0 unspecified atom stereocenters. The maximum Gasteiger partial charge on any atom is 0.147 e. The number of piperidine rings is 1. The van der Waals surface area contributed by atoms with Gasteiger partial charge in [-0.25, -0.2) is 0 Å². The third-order valence-corrected chi connectivity index (χ3v) is 3.23. The summed E-state index contributed by atoms with van der Waals surface area (Å²) in [4.78, 5) is 0. The van der Waals surface area contributed by atoms with Crippen molar-refractivity contribution in [3.8, 4) is 0 Å². The number of nitrogens with one attached hydrogen (secondary N) is 2. The first-order valence-corrected chi connectivity index (χ1v) is 6.98. The van der Waals surface area contributed by atoms with Crippen LogP contribution in [0.5, 0.6) is 0 Å². The molecule has 1 fully saturated rings. The predicted molar refractivity (Wildman–Crippen MR) is 72.9 cm³/mol. The van der Waals surface area contributed by atoms with Crippen LogP contribution in [-0.2, 0) is 11.3 Å². The maximum absolute atomic E-state index is 5.84. The Balaban J connectivity index is 1.52. The van der Waals surface area contributed by atoms with E-state index in [-0.39, 0.29) is 0 Å². The lowest BCUT2D eigenvalue weighted by Crippen LogP contribution is -2.32. The van der Waals surface area contributed by atoms with Crippen LogP contribution in [0.15, 0.2) is 12.3 Å². The lowest BCUT2D eigenvalue weighted by Gasteiger charge is -2.22. The summed E-state index contributed by atoms with van der Waals surface area (Å²) in [6.45, 7) is 6.96. The zero-order valence-electron chi connectivity index (χ0n) is 11.2. The maximum atomic E-state index is 5.84. The number of nitrogens with zero attached hydrogens (tertiary/aromatic N) is 2. The summed E-state index contributed by atoms with van der Waals surface area (Å²) in [5.74, 6) is 0.957.